The van der Waals surface area contributed by atoms with Gasteiger partial charge in [0.05, 0.1) is 16.4 Å². The number of amides is 1. The first-order valence-corrected chi connectivity index (χ1v) is 11.3. The van der Waals surface area contributed by atoms with Gasteiger partial charge in [-0.05, 0) is 49.1 Å². The SMILES string of the molecule is O=C(NCCc1cccc2cccnc12)c1ccc2c(=O)n3c(nc2c1)CCCCCC3. The molecule has 32 heavy (non-hydrogen) atoms. The number of para-hydroxylation sites is 1. The van der Waals surface area contributed by atoms with Gasteiger partial charge in [0.2, 0.25) is 0 Å². The zero-order valence-corrected chi connectivity index (χ0v) is 18.0. The number of pyridine rings is 1. The average Bonchev–Trinajstić information content (AvgIpc) is 2.80. The number of benzene rings is 2. The summed E-state index contributed by atoms with van der Waals surface area (Å²) in [6, 6.07) is 15.3. The standard InChI is InChI=1S/C26H26N4O2/c31-25(28-15-13-19-8-5-7-18-9-6-14-27-24(18)19)20-11-12-21-22(17-20)29-23-10-3-1-2-4-16-30(23)26(21)32/h5-9,11-12,14,17H,1-4,10,13,15-16H2,(H,28,31). The van der Waals surface area contributed by atoms with E-state index in [1.807, 2.05) is 34.9 Å². The maximum absolute atomic E-state index is 13.0. The van der Waals surface area contributed by atoms with E-state index in [1.165, 1.54) is 6.42 Å². The van der Waals surface area contributed by atoms with Crippen molar-refractivity contribution in [2.75, 3.05) is 6.54 Å². The molecule has 6 heteroatoms. The molecule has 0 spiro atoms. The van der Waals surface area contributed by atoms with Crippen LogP contribution in [0.4, 0.5) is 0 Å². The number of aromatic nitrogens is 3. The van der Waals surface area contributed by atoms with Crippen LogP contribution >= 0.6 is 0 Å². The Morgan fingerprint density at radius 2 is 1.91 bits per heavy atom. The third-order valence-corrected chi connectivity index (χ3v) is 6.22. The van der Waals surface area contributed by atoms with Gasteiger partial charge in [0.1, 0.15) is 5.82 Å². The fourth-order valence-corrected chi connectivity index (χ4v) is 4.52. The molecule has 0 bridgehead atoms. The summed E-state index contributed by atoms with van der Waals surface area (Å²) < 4.78 is 1.82. The van der Waals surface area contributed by atoms with Crippen molar-refractivity contribution in [3.63, 3.8) is 0 Å². The summed E-state index contributed by atoms with van der Waals surface area (Å²) in [6.07, 6.45) is 7.66. The van der Waals surface area contributed by atoms with Gasteiger partial charge in [-0.25, -0.2) is 4.98 Å². The van der Waals surface area contributed by atoms with Crippen molar-refractivity contribution in [3.8, 4) is 0 Å². The second-order valence-electron chi connectivity index (χ2n) is 8.38. The Labute approximate surface area is 186 Å². The minimum atomic E-state index is -0.159. The Bertz CT molecular complexity index is 1350. The van der Waals surface area contributed by atoms with E-state index in [0.29, 0.717) is 29.4 Å². The van der Waals surface area contributed by atoms with E-state index in [0.717, 1.165) is 54.5 Å². The van der Waals surface area contributed by atoms with Crippen molar-refractivity contribution < 1.29 is 4.79 Å². The summed E-state index contributed by atoms with van der Waals surface area (Å²) in [5.74, 6) is 0.678. The molecule has 0 unspecified atom stereocenters. The largest absolute Gasteiger partial charge is 0.352 e. The highest BCUT2D eigenvalue weighted by atomic mass is 16.1. The van der Waals surface area contributed by atoms with E-state index in [1.54, 1.807) is 24.4 Å². The van der Waals surface area contributed by atoms with Crippen molar-refractivity contribution in [2.45, 2.75) is 45.1 Å². The second-order valence-corrected chi connectivity index (χ2v) is 8.38. The van der Waals surface area contributed by atoms with Gasteiger partial charge in [0, 0.05) is 36.7 Å². The van der Waals surface area contributed by atoms with Crippen molar-refractivity contribution in [3.05, 3.63) is 82.0 Å². The highest BCUT2D eigenvalue weighted by molar-refractivity contribution is 5.97. The molecule has 0 radical (unpaired) electrons. The lowest BCUT2D eigenvalue weighted by Crippen LogP contribution is -2.28. The van der Waals surface area contributed by atoms with E-state index in [4.69, 9.17) is 4.98 Å². The Morgan fingerprint density at radius 1 is 1.03 bits per heavy atom. The third-order valence-electron chi connectivity index (χ3n) is 6.22. The predicted molar refractivity (Wildman–Crippen MR) is 126 cm³/mol. The van der Waals surface area contributed by atoms with Crippen LogP contribution in [0.25, 0.3) is 21.8 Å². The first-order valence-electron chi connectivity index (χ1n) is 11.3. The second kappa shape index (κ2) is 8.91. The molecule has 3 heterocycles. The van der Waals surface area contributed by atoms with E-state index >= 15 is 0 Å². The summed E-state index contributed by atoms with van der Waals surface area (Å²) in [7, 11) is 0. The highest BCUT2D eigenvalue weighted by Crippen LogP contribution is 2.18. The molecule has 4 aromatic rings. The van der Waals surface area contributed by atoms with Crippen LogP contribution in [0.1, 0.15) is 47.4 Å². The molecule has 0 atom stereocenters. The smallest absolute Gasteiger partial charge is 0.261 e. The predicted octanol–water partition coefficient (Wildman–Crippen LogP) is 4.03. The van der Waals surface area contributed by atoms with Gasteiger partial charge >= 0.3 is 0 Å². The van der Waals surface area contributed by atoms with Crippen LogP contribution in [0.15, 0.2) is 59.5 Å². The Balaban J connectivity index is 1.34. The molecular formula is C26H26N4O2. The maximum atomic E-state index is 13.0. The van der Waals surface area contributed by atoms with Crippen LogP contribution in [0, 0.1) is 0 Å². The molecule has 1 aliphatic rings. The maximum Gasteiger partial charge on any atom is 0.261 e. The highest BCUT2D eigenvalue weighted by Gasteiger charge is 2.15. The molecule has 1 amide bonds. The fraction of sp³-hybridized carbons (Fsp3) is 0.308. The summed E-state index contributed by atoms with van der Waals surface area (Å²) in [4.78, 5) is 35.0. The third kappa shape index (κ3) is 4.00. The zero-order valence-electron chi connectivity index (χ0n) is 18.0. The van der Waals surface area contributed by atoms with Crippen LogP contribution in [-0.4, -0.2) is 27.0 Å². The number of nitrogens with one attached hydrogen (secondary N) is 1. The molecule has 0 fully saturated rings. The number of hydrogen-bond acceptors (Lipinski definition) is 4. The summed E-state index contributed by atoms with van der Waals surface area (Å²) in [6.45, 7) is 1.23. The molecule has 0 saturated heterocycles. The molecule has 2 aromatic carbocycles. The van der Waals surface area contributed by atoms with E-state index in [9.17, 15) is 9.59 Å². The molecule has 0 saturated carbocycles. The summed E-state index contributed by atoms with van der Waals surface area (Å²) in [5, 5.41) is 4.67. The van der Waals surface area contributed by atoms with Crippen molar-refractivity contribution >= 4 is 27.7 Å². The fourth-order valence-electron chi connectivity index (χ4n) is 4.52. The number of carbonyl (C=O) groups is 1. The number of nitrogens with zero attached hydrogens (tertiary/aromatic N) is 3. The van der Waals surface area contributed by atoms with Gasteiger partial charge in [0.15, 0.2) is 0 Å². The topological polar surface area (TPSA) is 76.9 Å². The van der Waals surface area contributed by atoms with Gasteiger partial charge in [0.25, 0.3) is 11.5 Å². The zero-order chi connectivity index (χ0) is 21.9. The Morgan fingerprint density at radius 3 is 2.84 bits per heavy atom. The minimum absolute atomic E-state index is 0.00214. The monoisotopic (exact) mass is 426 g/mol. The van der Waals surface area contributed by atoms with Gasteiger partial charge in [-0.3, -0.25) is 19.1 Å². The normalized spacial score (nSPS) is 14.0. The first-order chi connectivity index (χ1) is 15.7. The van der Waals surface area contributed by atoms with Crippen LogP contribution in [0.5, 0.6) is 0 Å². The Kier molecular flexibility index (Phi) is 5.67. The number of hydrogen-bond donors (Lipinski definition) is 1. The van der Waals surface area contributed by atoms with Gasteiger partial charge in [-0.1, -0.05) is 37.1 Å². The number of carbonyl (C=O) groups excluding carboxylic acids is 1. The van der Waals surface area contributed by atoms with Crippen molar-refractivity contribution in [2.24, 2.45) is 0 Å². The van der Waals surface area contributed by atoms with Crippen LogP contribution < -0.4 is 10.9 Å². The van der Waals surface area contributed by atoms with Crippen LogP contribution in [0.3, 0.4) is 0 Å². The number of aryl methyl sites for hydroxylation is 1. The number of rotatable bonds is 4. The quantitative estimate of drug-likeness (QED) is 0.534. The lowest BCUT2D eigenvalue weighted by Gasteiger charge is -2.16. The van der Waals surface area contributed by atoms with Gasteiger partial charge in [-0.15, -0.1) is 0 Å². The number of fused-ring (bicyclic) bond motifs is 3. The lowest BCUT2D eigenvalue weighted by molar-refractivity contribution is 0.0954. The van der Waals surface area contributed by atoms with Gasteiger partial charge < -0.3 is 5.32 Å². The molecule has 5 rings (SSSR count). The van der Waals surface area contributed by atoms with Crippen molar-refractivity contribution in [1.29, 1.82) is 0 Å². The van der Waals surface area contributed by atoms with E-state index in [2.05, 4.69) is 10.3 Å². The van der Waals surface area contributed by atoms with E-state index in [-0.39, 0.29) is 11.5 Å². The van der Waals surface area contributed by atoms with Crippen LogP contribution in [-0.2, 0) is 19.4 Å². The Hall–Kier alpha value is -3.54. The average molecular weight is 427 g/mol. The van der Waals surface area contributed by atoms with Gasteiger partial charge in [-0.2, -0.15) is 0 Å². The summed E-state index contributed by atoms with van der Waals surface area (Å²) >= 11 is 0. The molecule has 2 aromatic heterocycles. The van der Waals surface area contributed by atoms with Crippen LogP contribution in [0.2, 0.25) is 0 Å². The minimum Gasteiger partial charge on any atom is -0.352 e. The van der Waals surface area contributed by atoms with Crippen molar-refractivity contribution in [1.82, 2.24) is 19.9 Å². The molecule has 0 aliphatic carbocycles. The molecule has 6 nitrogen and oxygen atoms in total. The van der Waals surface area contributed by atoms with E-state index < -0.39 is 0 Å². The molecular weight excluding hydrogens is 400 g/mol. The molecule has 162 valence electrons. The lowest BCUT2D eigenvalue weighted by atomic mass is 10.1. The summed E-state index contributed by atoms with van der Waals surface area (Å²) in [5.41, 5.74) is 3.21. The first kappa shape index (κ1) is 20.4. The molecule has 1 aliphatic heterocycles. The molecule has 1 N–H and O–H groups in total.